The molecule has 0 saturated heterocycles. The number of nitrogens with zero attached hydrogens (tertiary/aromatic N) is 4. The first kappa shape index (κ1) is 17.0. The van der Waals surface area contributed by atoms with E-state index in [0.29, 0.717) is 25.3 Å². The molecule has 4 rings (SSSR count). The van der Waals surface area contributed by atoms with Gasteiger partial charge in [0.15, 0.2) is 5.82 Å². The number of aryl methyl sites for hydroxylation is 2. The molecule has 0 aliphatic rings. The van der Waals surface area contributed by atoms with Crippen LogP contribution >= 0.6 is 0 Å². The van der Waals surface area contributed by atoms with Crippen molar-refractivity contribution in [2.45, 2.75) is 26.4 Å². The molecule has 2 aromatic carbocycles. The van der Waals surface area contributed by atoms with Crippen molar-refractivity contribution in [1.82, 2.24) is 19.6 Å². The maximum absolute atomic E-state index is 12.1. The summed E-state index contributed by atoms with van der Waals surface area (Å²) in [5, 5.41) is 13.9. The molecule has 2 heterocycles. The molecule has 27 heavy (non-hydrogen) atoms. The van der Waals surface area contributed by atoms with Gasteiger partial charge >= 0.3 is 0 Å². The van der Waals surface area contributed by atoms with Gasteiger partial charge in [-0.1, -0.05) is 42.5 Å². The van der Waals surface area contributed by atoms with Crippen LogP contribution < -0.4 is 5.32 Å². The second-order valence-corrected chi connectivity index (χ2v) is 6.62. The average molecular weight is 359 g/mol. The lowest BCUT2D eigenvalue weighted by Crippen LogP contribution is -2.15. The Bertz CT molecular complexity index is 1070. The number of rotatable bonds is 6. The first-order valence-corrected chi connectivity index (χ1v) is 8.96. The fourth-order valence-corrected chi connectivity index (χ4v) is 3.13. The molecule has 4 aromatic rings. The molecule has 1 amide bonds. The van der Waals surface area contributed by atoms with Gasteiger partial charge < -0.3 is 5.32 Å². The van der Waals surface area contributed by atoms with Crippen LogP contribution in [0.3, 0.4) is 0 Å². The van der Waals surface area contributed by atoms with Crippen molar-refractivity contribution < 1.29 is 4.79 Å². The number of hydrogen-bond acceptors (Lipinski definition) is 3. The zero-order chi connectivity index (χ0) is 18.6. The van der Waals surface area contributed by atoms with Crippen molar-refractivity contribution in [1.29, 1.82) is 0 Å². The third kappa shape index (κ3) is 4.06. The van der Waals surface area contributed by atoms with Gasteiger partial charge in [-0.25, -0.2) is 0 Å². The van der Waals surface area contributed by atoms with Gasteiger partial charge in [0.1, 0.15) is 0 Å². The minimum Gasteiger partial charge on any atom is -0.309 e. The highest BCUT2D eigenvalue weighted by molar-refractivity contribution is 5.89. The number of nitrogens with one attached hydrogen (secondary N) is 1. The minimum absolute atomic E-state index is 0.0708. The lowest BCUT2D eigenvalue weighted by Gasteiger charge is -2.07. The van der Waals surface area contributed by atoms with Crippen molar-refractivity contribution in [3.8, 4) is 0 Å². The van der Waals surface area contributed by atoms with Gasteiger partial charge in [-0.2, -0.15) is 10.2 Å². The number of anilines is 1. The van der Waals surface area contributed by atoms with Gasteiger partial charge in [-0.05, 0) is 28.8 Å². The van der Waals surface area contributed by atoms with Crippen molar-refractivity contribution in [3.05, 3.63) is 78.2 Å². The Balaban J connectivity index is 1.38. The van der Waals surface area contributed by atoms with Gasteiger partial charge in [0.05, 0.1) is 12.7 Å². The van der Waals surface area contributed by atoms with Crippen LogP contribution in [0.25, 0.3) is 10.8 Å². The van der Waals surface area contributed by atoms with E-state index in [-0.39, 0.29) is 5.91 Å². The average Bonchev–Trinajstić information content (AvgIpc) is 3.29. The van der Waals surface area contributed by atoms with Crippen molar-refractivity contribution in [2.75, 3.05) is 5.32 Å². The number of amides is 1. The largest absolute Gasteiger partial charge is 0.309 e. The predicted octanol–water partition coefficient (Wildman–Crippen LogP) is 3.62. The second-order valence-electron chi connectivity index (χ2n) is 6.62. The second kappa shape index (κ2) is 7.45. The van der Waals surface area contributed by atoms with E-state index >= 15 is 0 Å². The summed E-state index contributed by atoms with van der Waals surface area (Å²) in [7, 11) is 0. The van der Waals surface area contributed by atoms with Crippen LogP contribution in [0.2, 0.25) is 0 Å². The number of carbonyl (C=O) groups excluding carboxylic acids is 1. The highest BCUT2D eigenvalue weighted by atomic mass is 16.1. The maximum Gasteiger partial charge on any atom is 0.227 e. The first-order valence-electron chi connectivity index (χ1n) is 8.96. The van der Waals surface area contributed by atoms with E-state index in [2.05, 4.69) is 45.8 Å². The summed E-state index contributed by atoms with van der Waals surface area (Å²) < 4.78 is 3.61. The molecule has 0 aliphatic heterocycles. The van der Waals surface area contributed by atoms with Crippen LogP contribution in [-0.2, 0) is 17.9 Å². The molecule has 0 spiro atoms. The van der Waals surface area contributed by atoms with Gasteiger partial charge in [-0.15, -0.1) is 0 Å². The summed E-state index contributed by atoms with van der Waals surface area (Å²) in [6.07, 6.45) is 5.95. The lowest BCUT2D eigenvalue weighted by molar-refractivity contribution is -0.116. The van der Waals surface area contributed by atoms with Crippen LogP contribution in [0, 0.1) is 6.92 Å². The fraction of sp³-hybridized carbons (Fsp3) is 0.190. The first-order chi connectivity index (χ1) is 13.2. The molecule has 0 radical (unpaired) electrons. The fourth-order valence-electron chi connectivity index (χ4n) is 3.13. The highest BCUT2D eigenvalue weighted by Crippen LogP contribution is 2.19. The van der Waals surface area contributed by atoms with Gasteiger partial charge in [-0.3, -0.25) is 14.2 Å². The Morgan fingerprint density at radius 3 is 2.78 bits per heavy atom. The van der Waals surface area contributed by atoms with E-state index in [1.54, 1.807) is 10.9 Å². The minimum atomic E-state index is -0.0708. The number of benzene rings is 2. The molecule has 0 atom stereocenters. The van der Waals surface area contributed by atoms with E-state index < -0.39 is 0 Å². The number of carbonyl (C=O) groups is 1. The van der Waals surface area contributed by atoms with Crippen LogP contribution in [-0.4, -0.2) is 25.5 Å². The molecule has 2 aromatic heterocycles. The van der Waals surface area contributed by atoms with Crippen LogP contribution in [0.1, 0.15) is 17.5 Å². The number of hydrogen-bond donors (Lipinski definition) is 1. The summed E-state index contributed by atoms with van der Waals surface area (Å²) >= 11 is 0. The van der Waals surface area contributed by atoms with Crippen molar-refractivity contribution in [2.24, 2.45) is 0 Å². The monoisotopic (exact) mass is 359 g/mol. The molecule has 0 bridgehead atoms. The Kier molecular flexibility index (Phi) is 4.70. The third-order valence-electron chi connectivity index (χ3n) is 4.45. The molecule has 1 N–H and O–H groups in total. The molecule has 136 valence electrons. The SMILES string of the molecule is Cc1cnn(CCC(=O)Nc2ccn(Cc3cccc4ccccc34)n2)c1. The summed E-state index contributed by atoms with van der Waals surface area (Å²) in [5.41, 5.74) is 2.28. The number of fused-ring (bicyclic) bond motifs is 1. The Morgan fingerprint density at radius 2 is 1.93 bits per heavy atom. The highest BCUT2D eigenvalue weighted by Gasteiger charge is 2.07. The zero-order valence-corrected chi connectivity index (χ0v) is 15.2. The molecule has 0 fully saturated rings. The van der Waals surface area contributed by atoms with E-state index in [1.165, 1.54) is 16.3 Å². The summed E-state index contributed by atoms with van der Waals surface area (Å²) in [6.45, 7) is 3.19. The maximum atomic E-state index is 12.1. The molecular weight excluding hydrogens is 338 g/mol. The van der Waals surface area contributed by atoms with Crippen LogP contribution in [0.4, 0.5) is 5.82 Å². The van der Waals surface area contributed by atoms with Gasteiger partial charge in [0.2, 0.25) is 5.91 Å². The normalized spacial score (nSPS) is 11.0. The quantitative estimate of drug-likeness (QED) is 0.572. The summed E-state index contributed by atoms with van der Waals surface area (Å²) in [4.78, 5) is 12.1. The Morgan fingerprint density at radius 1 is 1.07 bits per heavy atom. The van der Waals surface area contributed by atoms with E-state index in [9.17, 15) is 4.79 Å². The summed E-state index contributed by atoms with van der Waals surface area (Å²) in [5.74, 6) is 0.496. The Hall–Kier alpha value is -3.41. The molecule has 0 saturated carbocycles. The van der Waals surface area contributed by atoms with Crippen LogP contribution in [0.5, 0.6) is 0 Å². The lowest BCUT2D eigenvalue weighted by atomic mass is 10.0. The van der Waals surface area contributed by atoms with Crippen molar-refractivity contribution in [3.63, 3.8) is 0 Å². The molecule has 6 nitrogen and oxygen atoms in total. The Labute approximate surface area is 157 Å². The van der Waals surface area contributed by atoms with E-state index in [0.717, 1.165) is 5.56 Å². The molecule has 0 unspecified atom stereocenters. The van der Waals surface area contributed by atoms with Gasteiger partial charge in [0, 0.05) is 31.4 Å². The van der Waals surface area contributed by atoms with Crippen molar-refractivity contribution >= 4 is 22.5 Å². The van der Waals surface area contributed by atoms with E-state index in [1.807, 2.05) is 42.2 Å². The number of aromatic nitrogens is 4. The van der Waals surface area contributed by atoms with E-state index in [4.69, 9.17) is 0 Å². The predicted molar refractivity (Wildman–Crippen MR) is 105 cm³/mol. The summed E-state index contributed by atoms with van der Waals surface area (Å²) in [6, 6.07) is 16.4. The molecule has 6 heteroatoms. The van der Waals surface area contributed by atoms with Gasteiger partial charge in [0.25, 0.3) is 0 Å². The smallest absolute Gasteiger partial charge is 0.227 e. The molecule has 0 aliphatic carbocycles. The molecular formula is C21H21N5O. The standard InChI is InChI=1S/C21H21N5O/c1-16-13-22-25(14-16)12-10-21(27)23-20-9-11-26(24-20)15-18-7-4-6-17-5-2-3-8-19(17)18/h2-9,11,13-14H,10,12,15H2,1H3,(H,23,24,27). The third-order valence-corrected chi connectivity index (χ3v) is 4.45. The zero-order valence-electron chi connectivity index (χ0n) is 15.2. The van der Waals surface area contributed by atoms with Crippen LogP contribution in [0.15, 0.2) is 67.1 Å². The topological polar surface area (TPSA) is 64.7 Å².